The van der Waals surface area contributed by atoms with Gasteiger partial charge in [-0.05, 0) is 35.3 Å². The molecule has 12 heteroatoms. The number of benzene rings is 4. The molecule has 2 aliphatic rings. The van der Waals surface area contributed by atoms with Gasteiger partial charge in [-0.2, -0.15) is 0 Å². The van der Waals surface area contributed by atoms with Crippen LogP contribution in [0.2, 0.25) is 5.04 Å². The molecule has 0 aromatic heterocycles. The number of carbonyl (C=O) groups is 2. The van der Waals surface area contributed by atoms with Crippen molar-refractivity contribution >= 4 is 30.5 Å². The first-order chi connectivity index (χ1) is 26.8. The van der Waals surface area contributed by atoms with Gasteiger partial charge in [-0.25, -0.2) is 0 Å². The highest BCUT2D eigenvalue weighted by Gasteiger charge is 2.54. The molecule has 4 aromatic rings. The van der Waals surface area contributed by atoms with Crippen molar-refractivity contribution in [1.82, 2.24) is 10.2 Å². The summed E-state index contributed by atoms with van der Waals surface area (Å²) >= 11 is 0. The van der Waals surface area contributed by atoms with Gasteiger partial charge in [0.2, 0.25) is 11.8 Å². The number of nitrogens with one attached hydrogen (secondary N) is 1. The number of amides is 2. The van der Waals surface area contributed by atoms with Gasteiger partial charge < -0.3 is 43.1 Å². The van der Waals surface area contributed by atoms with Crippen LogP contribution in [-0.4, -0.2) is 86.4 Å². The third-order valence-corrected chi connectivity index (χ3v) is 16.4. The van der Waals surface area contributed by atoms with Crippen molar-refractivity contribution in [2.45, 2.75) is 70.6 Å². The zero-order chi connectivity index (χ0) is 40.5. The van der Waals surface area contributed by atoms with Crippen molar-refractivity contribution in [2.24, 2.45) is 0 Å². The Bertz CT molecular complexity index is 2050. The molecule has 2 aliphatic heterocycles. The second-order valence-corrected chi connectivity index (χ2v) is 19.6. The van der Waals surface area contributed by atoms with E-state index in [0.29, 0.717) is 45.6 Å². The molecule has 0 bridgehead atoms. The summed E-state index contributed by atoms with van der Waals surface area (Å²) in [6.07, 6.45) is 0.351. The van der Waals surface area contributed by atoms with Crippen molar-refractivity contribution < 1.29 is 42.4 Å². The number of fused-ring (bicyclic) bond motifs is 2. The van der Waals surface area contributed by atoms with Crippen LogP contribution in [0.3, 0.4) is 0 Å². The van der Waals surface area contributed by atoms with Crippen LogP contribution in [0.15, 0.2) is 66.7 Å². The second kappa shape index (κ2) is 16.1. The van der Waals surface area contributed by atoms with Crippen LogP contribution in [0.1, 0.15) is 54.6 Å². The number of hydrogen-bond donors (Lipinski definition) is 1. The lowest BCUT2D eigenvalue weighted by Crippen LogP contribution is -2.69. The minimum absolute atomic E-state index is 0.0625. The molecule has 298 valence electrons. The highest BCUT2D eigenvalue weighted by atomic mass is 28.4. The Balaban J connectivity index is 1.55. The van der Waals surface area contributed by atoms with E-state index in [0.717, 1.165) is 27.1 Å². The molecule has 4 aromatic carbocycles. The summed E-state index contributed by atoms with van der Waals surface area (Å²) in [6.45, 7) is 10.5. The predicted octanol–water partition coefficient (Wildman–Crippen LogP) is 5.47. The molecule has 0 saturated carbocycles. The van der Waals surface area contributed by atoms with Gasteiger partial charge in [0.25, 0.3) is 8.32 Å². The Morgan fingerprint density at radius 1 is 0.714 bits per heavy atom. The van der Waals surface area contributed by atoms with Crippen LogP contribution in [0.4, 0.5) is 0 Å². The average Bonchev–Trinajstić information content (AvgIpc) is 3.19. The van der Waals surface area contributed by atoms with Gasteiger partial charge in [-0.3, -0.25) is 9.59 Å². The largest absolute Gasteiger partial charge is 0.496 e. The molecule has 1 saturated heterocycles. The number of piperazine rings is 1. The number of methoxy groups -OCH3 is 6. The van der Waals surface area contributed by atoms with Crippen LogP contribution in [0.25, 0.3) is 0 Å². The van der Waals surface area contributed by atoms with Crippen molar-refractivity contribution in [3.63, 3.8) is 0 Å². The van der Waals surface area contributed by atoms with Crippen LogP contribution in [0, 0.1) is 13.8 Å². The van der Waals surface area contributed by atoms with E-state index in [1.54, 1.807) is 53.6 Å². The third-order valence-electron chi connectivity index (χ3n) is 11.3. The fourth-order valence-electron chi connectivity index (χ4n) is 8.99. The second-order valence-electron chi connectivity index (χ2n) is 15.3. The summed E-state index contributed by atoms with van der Waals surface area (Å²) in [6, 6.07) is 19.9. The minimum atomic E-state index is -3.13. The molecule has 1 unspecified atom stereocenters. The van der Waals surface area contributed by atoms with E-state index in [-0.39, 0.29) is 36.3 Å². The number of rotatable bonds is 13. The summed E-state index contributed by atoms with van der Waals surface area (Å²) < 4.78 is 42.9. The molecule has 3 atom stereocenters. The maximum atomic E-state index is 15.2. The molecule has 1 fully saturated rings. The number of carbonyl (C=O) groups excluding carboxylic acids is 2. The molecule has 2 amide bonds. The van der Waals surface area contributed by atoms with Crippen LogP contribution in [0.5, 0.6) is 34.5 Å². The molecular weight excluding hydrogens is 729 g/mol. The number of nitrogens with zero attached hydrogens (tertiary/aromatic N) is 1. The number of hydrogen-bond acceptors (Lipinski definition) is 9. The molecule has 56 heavy (non-hydrogen) atoms. The van der Waals surface area contributed by atoms with E-state index in [9.17, 15) is 4.79 Å². The van der Waals surface area contributed by atoms with Gasteiger partial charge in [-0.15, -0.1) is 0 Å². The molecule has 0 spiro atoms. The van der Waals surface area contributed by atoms with E-state index in [1.165, 1.54) is 0 Å². The van der Waals surface area contributed by atoms with Gasteiger partial charge in [-0.1, -0.05) is 81.4 Å². The molecular formula is C44H54N2O9Si. The molecule has 0 aliphatic carbocycles. The maximum absolute atomic E-state index is 15.2. The van der Waals surface area contributed by atoms with Crippen molar-refractivity contribution in [2.75, 3.05) is 49.3 Å². The normalized spacial score (nSPS) is 18.1. The first kappa shape index (κ1) is 40.5. The zero-order valence-electron chi connectivity index (χ0n) is 34.3. The Hall–Kier alpha value is -5.20. The van der Waals surface area contributed by atoms with Gasteiger partial charge >= 0.3 is 0 Å². The highest BCUT2D eigenvalue weighted by molar-refractivity contribution is 6.99. The van der Waals surface area contributed by atoms with E-state index in [1.807, 2.05) is 50.2 Å². The lowest BCUT2D eigenvalue weighted by molar-refractivity contribution is -0.154. The van der Waals surface area contributed by atoms with Gasteiger partial charge in [0.1, 0.15) is 23.6 Å². The Morgan fingerprint density at radius 2 is 1.25 bits per heavy atom. The Labute approximate surface area is 331 Å². The van der Waals surface area contributed by atoms with E-state index < -0.39 is 26.4 Å². The zero-order valence-corrected chi connectivity index (χ0v) is 35.3. The van der Waals surface area contributed by atoms with Crippen molar-refractivity contribution in [3.8, 4) is 34.5 Å². The molecule has 6 rings (SSSR count). The monoisotopic (exact) mass is 782 g/mol. The first-order valence-corrected chi connectivity index (χ1v) is 20.7. The summed E-state index contributed by atoms with van der Waals surface area (Å²) in [7, 11) is 6.36. The molecule has 0 radical (unpaired) electrons. The summed E-state index contributed by atoms with van der Waals surface area (Å²) in [5.41, 5.74) is 3.62. The van der Waals surface area contributed by atoms with Gasteiger partial charge in [0.05, 0.1) is 55.3 Å². The lowest BCUT2D eigenvalue weighted by Gasteiger charge is -2.50. The number of ether oxygens (including phenoxy) is 6. The van der Waals surface area contributed by atoms with Gasteiger partial charge in [0, 0.05) is 40.7 Å². The van der Waals surface area contributed by atoms with E-state index in [2.05, 4.69) is 50.4 Å². The summed E-state index contributed by atoms with van der Waals surface area (Å²) in [5, 5.41) is 4.90. The van der Waals surface area contributed by atoms with Crippen LogP contribution in [-0.2, 0) is 26.9 Å². The molecule has 11 nitrogen and oxygen atoms in total. The Kier molecular flexibility index (Phi) is 11.6. The highest BCUT2D eigenvalue weighted by Crippen LogP contribution is 2.52. The summed E-state index contributed by atoms with van der Waals surface area (Å²) in [5.74, 6) is 2.60. The predicted molar refractivity (Wildman–Crippen MR) is 218 cm³/mol. The standard InChI is InChI=1S/C44H54N2O9Si/c1-26-37(50-7)28(23-35(49-6)39(26)52-9)22-32-43(48)46-33(42(47)45-32)24-31-36(41(54-11)40(53-10)27(2)38(31)51-8)34(46)25-55-56(44(3,4)5,29-18-14-12-15-19-29)30-20-16-13-17-21-30/h12-21,23,32-34H,22,24-25H2,1-11H3,(H,45,47)/t32?,33-,34+/m0/s1. The van der Waals surface area contributed by atoms with Crippen LogP contribution >= 0.6 is 0 Å². The van der Waals surface area contributed by atoms with Crippen molar-refractivity contribution in [1.29, 1.82) is 0 Å². The van der Waals surface area contributed by atoms with Crippen LogP contribution < -0.4 is 44.1 Å². The SMILES string of the molecule is COc1cc(CC2NC(=O)[C@@H]3Cc4c(OC)c(C)c(OC)c(OC)c4[C@@H](CO[Si](c4ccccc4)(c4ccccc4)C(C)(C)C)N3C2=O)c(OC)c(C)c1OC. The Morgan fingerprint density at radius 3 is 1.75 bits per heavy atom. The topological polar surface area (TPSA) is 114 Å². The first-order valence-electron chi connectivity index (χ1n) is 18.8. The fourth-order valence-corrected chi connectivity index (χ4v) is 13.6. The quantitative estimate of drug-likeness (QED) is 0.177. The molecule has 1 N–H and O–H groups in total. The summed E-state index contributed by atoms with van der Waals surface area (Å²) in [4.78, 5) is 31.3. The minimum Gasteiger partial charge on any atom is -0.496 e. The van der Waals surface area contributed by atoms with E-state index in [4.69, 9.17) is 32.8 Å². The fraction of sp³-hybridized carbons (Fsp3) is 0.409. The van der Waals surface area contributed by atoms with Gasteiger partial charge in [0.15, 0.2) is 23.0 Å². The third kappa shape index (κ3) is 6.62. The van der Waals surface area contributed by atoms with E-state index >= 15 is 4.79 Å². The lowest BCUT2D eigenvalue weighted by atomic mass is 9.82. The maximum Gasteiger partial charge on any atom is 0.261 e. The average molecular weight is 783 g/mol. The molecule has 2 heterocycles. The smallest absolute Gasteiger partial charge is 0.261 e. The van der Waals surface area contributed by atoms with Crippen molar-refractivity contribution in [3.05, 3.63) is 94.5 Å².